The van der Waals surface area contributed by atoms with E-state index in [2.05, 4.69) is 4.98 Å². The molecule has 0 spiro atoms. The van der Waals surface area contributed by atoms with Crippen molar-refractivity contribution in [1.29, 1.82) is 0 Å². The Balaban J connectivity index is 1.65. The molecule has 2 N–H and O–H groups in total. The number of ether oxygens (including phenoxy) is 1. The Morgan fingerprint density at radius 2 is 2.03 bits per heavy atom. The molecule has 0 radical (unpaired) electrons. The molecule has 2 unspecified atom stereocenters. The van der Waals surface area contributed by atoms with E-state index < -0.39 is 27.9 Å². The third kappa shape index (κ3) is 4.79. The highest BCUT2D eigenvalue weighted by atomic mass is 32.2. The number of rotatable bonds is 5. The van der Waals surface area contributed by atoms with Crippen molar-refractivity contribution >= 4 is 15.9 Å². The van der Waals surface area contributed by atoms with Gasteiger partial charge in [0.1, 0.15) is 11.6 Å². The fourth-order valence-electron chi connectivity index (χ4n) is 3.75. The van der Waals surface area contributed by atoms with Gasteiger partial charge < -0.3 is 9.84 Å². The van der Waals surface area contributed by atoms with E-state index in [1.54, 1.807) is 24.4 Å². The topological polar surface area (TPSA) is 106 Å². The summed E-state index contributed by atoms with van der Waals surface area (Å²) < 4.78 is 44.7. The molecule has 2 atom stereocenters. The highest BCUT2D eigenvalue weighted by Crippen LogP contribution is 2.39. The van der Waals surface area contributed by atoms with Crippen molar-refractivity contribution < 1.29 is 27.4 Å². The number of nitrogens with zero attached hydrogens (tertiary/aromatic N) is 1. The van der Waals surface area contributed by atoms with Crippen LogP contribution in [0.1, 0.15) is 27.7 Å². The van der Waals surface area contributed by atoms with Gasteiger partial charge in [-0.3, -0.25) is 9.78 Å². The van der Waals surface area contributed by atoms with Crippen LogP contribution >= 0.6 is 0 Å². The van der Waals surface area contributed by atoms with Gasteiger partial charge in [-0.15, -0.1) is 0 Å². The molecule has 1 amide bonds. The predicted molar refractivity (Wildman–Crippen MR) is 116 cm³/mol. The predicted octanol–water partition coefficient (Wildman–Crippen LogP) is 2.86. The Labute approximate surface area is 184 Å². The van der Waals surface area contributed by atoms with E-state index in [9.17, 15) is 22.7 Å². The number of aromatic nitrogens is 1. The van der Waals surface area contributed by atoms with Gasteiger partial charge in [0.05, 0.1) is 19.0 Å². The number of fused-ring (bicyclic) bond motifs is 1. The largest absolute Gasteiger partial charge is 0.493 e. The maximum absolute atomic E-state index is 14.0. The summed E-state index contributed by atoms with van der Waals surface area (Å²) in [5, 5.41) is 10.9. The number of carbonyl (C=O) groups excluding carboxylic acids is 1. The van der Waals surface area contributed by atoms with Crippen LogP contribution in [0.4, 0.5) is 4.39 Å². The second-order valence-corrected chi connectivity index (χ2v) is 9.44. The maximum Gasteiger partial charge on any atom is 0.265 e. The number of sulfonamides is 1. The van der Waals surface area contributed by atoms with Crippen LogP contribution in [-0.2, 0) is 16.4 Å². The van der Waals surface area contributed by atoms with Gasteiger partial charge in [-0.25, -0.2) is 17.5 Å². The van der Waals surface area contributed by atoms with Gasteiger partial charge in [0.15, 0.2) is 0 Å². The van der Waals surface area contributed by atoms with Crippen molar-refractivity contribution in [3.05, 3.63) is 83.4 Å². The summed E-state index contributed by atoms with van der Waals surface area (Å²) in [6.45, 7) is 0.263. The van der Waals surface area contributed by atoms with Gasteiger partial charge in [-0.05, 0) is 53.9 Å². The number of benzene rings is 2. The zero-order chi connectivity index (χ0) is 22.9. The number of nitrogens with one attached hydrogen (secondary N) is 1. The fraction of sp³-hybridized carbons (Fsp3) is 0.217. The summed E-state index contributed by atoms with van der Waals surface area (Å²) in [4.78, 5) is 16.7. The number of amides is 1. The number of halogens is 1. The first-order valence-electron chi connectivity index (χ1n) is 9.88. The molecule has 32 heavy (non-hydrogen) atoms. The summed E-state index contributed by atoms with van der Waals surface area (Å²) in [6.07, 6.45) is 2.32. The summed E-state index contributed by atoms with van der Waals surface area (Å²) in [5.41, 5.74) is 2.10. The summed E-state index contributed by atoms with van der Waals surface area (Å²) >= 11 is 0. The number of carbonyl (C=O) groups is 1. The van der Waals surface area contributed by atoms with Gasteiger partial charge in [0, 0.05) is 28.9 Å². The smallest absolute Gasteiger partial charge is 0.265 e. The molecule has 0 saturated carbocycles. The Bertz CT molecular complexity index is 1260. The Morgan fingerprint density at radius 1 is 1.22 bits per heavy atom. The molecule has 3 aromatic rings. The molecular formula is C23H21FN2O5S. The minimum absolute atomic E-state index is 0.00108. The Hall–Kier alpha value is -3.30. The van der Waals surface area contributed by atoms with Crippen LogP contribution in [0.25, 0.3) is 11.1 Å². The van der Waals surface area contributed by atoms with E-state index in [-0.39, 0.29) is 23.7 Å². The molecule has 0 saturated heterocycles. The molecule has 7 nitrogen and oxygen atoms in total. The molecule has 9 heteroatoms. The first-order chi connectivity index (χ1) is 15.2. The zero-order valence-electron chi connectivity index (χ0n) is 17.2. The average molecular weight is 456 g/mol. The quantitative estimate of drug-likeness (QED) is 0.612. The fourth-order valence-corrected chi connectivity index (χ4v) is 4.19. The molecule has 1 aromatic heterocycles. The van der Waals surface area contributed by atoms with Crippen LogP contribution in [0.5, 0.6) is 5.75 Å². The minimum atomic E-state index is -3.79. The Morgan fingerprint density at radius 3 is 2.75 bits per heavy atom. The van der Waals surface area contributed by atoms with Crippen molar-refractivity contribution in [2.45, 2.75) is 12.5 Å². The molecule has 166 valence electrons. The van der Waals surface area contributed by atoms with Crippen LogP contribution in [0.15, 0.2) is 60.8 Å². The molecule has 0 bridgehead atoms. The SMILES string of the molecule is CS(=O)(=O)NC(=O)c1ccc(F)cc1-c1ccc2c(c1)OCC(Cc1ccccn1)C2O. The molecule has 1 aliphatic heterocycles. The second-order valence-electron chi connectivity index (χ2n) is 7.69. The normalized spacial score (nSPS) is 17.8. The van der Waals surface area contributed by atoms with E-state index in [0.717, 1.165) is 24.1 Å². The second kappa shape index (κ2) is 8.68. The van der Waals surface area contributed by atoms with E-state index >= 15 is 0 Å². The summed E-state index contributed by atoms with van der Waals surface area (Å²) in [7, 11) is -3.79. The van der Waals surface area contributed by atoms with E-state index in [1.807, 2.05) is 22.9 Å². The van der Waals surface area contributed by atoms with E-state index in [1.165, 1.54) is 6.07 Å². The van der Waals surface area contributed by atoms with Crippen molar-refractivity contribution in [1.82, 2.24) is 9.71 Å². The van der Waals surface area contributed by atoms with Crippen LogP contribution in [0.2, 0.25) is 0 Å². The van der Waals surface area contributed by atoms with Gasteiger partial charge in [0.25, 0.3) is 5.91 Å². The molecule has 2 heterocycles. The van der Waals surface area contributed by atoms with Gasteiger partial charge in [0.2, 0.25) is 10.0 Å². The van der Waals surface area contributed by atoms with E-state index in [0.29, 0.717) is 23.3 Å². The van der Waals surface area contributed by atoms with Crippen molar-refractivity contribution in [2.24, 2.45) is 5.92 Å². The zero-order valence-corrected chi connectivity index (χ0v) is 18.0. The number of hydrogen-bond acceptors (Lipinski definition) is 6. The number of aliphatic hydroxyl groups excluding tert-OH is 1. The van der Waals surface area contributed by atoms with Crippen molar-refractivity contribution in [3.8, 4) is 16.9 Å². The molecule has 1 aliphatic rings. The minimum Gasteiger partial charge on any atom is -0.493 e. The number of aliphatic hydroxyl groups is 1. The van der Waals surface area contributed by atoms with Crippen LogP contribution in [-0.4, -0.2) is 37.3 Å². The highest BCUT2D eigenvalue weighted by Gasteiger charge is 2.30. The van der Waals surface area contributed by atoms with Crippen LogP contribution in [0.3, 0.4) is 0 Å². The maximum atomic E-state index is 14.0. The number of pyridine rings is 1. The van der Waals surface area contributed by atoms with Gasteiger partial charge in [-0.2, -0.15) is 0 Å². The lowest BCUT2D eigenvalue weighted by molar-refractivity contribution is 0.0503. The lowest BCUT2D eigenvalue weighted by Gasteiger charge is -2.30. The molecule has 4 rings (SSSR count). The van der Waals surface area contributed by atoms with Gasteiger partial charge in [-0.1, -0.05) is 18.2 Å². The van der Waals surface area contributed by atoms with Crippen molar-refractivity contribution in [3.63, 3.8) is 0 Å². The summed E-state index contributed by atoms with van der Waals surface area (Å²) in [6, 6.07) is 14.0. The van der Waals surface area contributed by atoms with Gasteiger partial charge >= 0.3 is 0 Å². The molecule has 0 fully saturated rings. The third-order valence-electron chi connectivity index (χ3n) is 5.24. The lowest BCUT2D eigenvalue weighted by atomic mass is 9.88. The molecule has 2 aromatic carbocycles. The lowest BCUT2D eigenvalue weighted by Crippen LogP contribution is -2.29. The van der Waals surface area contributed by atoms with Crippen LogP contribution in [0, 0.1) is 11.7 Å². The van der Waals surface area contributed by atoms with Crippen LogP contribution < -0.4 is 9.46 Å². The summed E-state index contributed by atoms with van der Waals surface area (Å²) in [5.74, 6) is -1.21. The third-order valence-corrected chi connectivity index (χ3v) is 5.80. The standard InChI is InChI=1S/C23H21FN2O5S/c1-32(29,30)26-23(28)18-8-6-16(24)12-20(18)14-5-7-19-21(11-14)31-13-15(22(19)27)10-17-4-2-3-9-25-17/h2-9,11-12,15,22,27H,10,13H2,1H3,(H,26,28). The molecule has 0 aliphatic carbocycles. The number of hydrogen-bond donors (Lipinski definition) is 2. The Kier molecular flexibility index (Phi) is 5.94. The van der Waals surface area contributed by atoms with Crippen molar-refractivity contribution in [2.75, 3.05) is 12.9 Å². The van der Waals surface area contributed by atoms with E-state index in [4.69, 9.17) is 4.74 Å². The first kappa shape index (κ1) is 21.9. The molecular weight excluding hydrogens is 435 g/mol. The monoisotopic (exact) mass is 456 g/mol. The first-order valence-corrected chi connectivity index (χ1v) is 11.8. The average Bonchev–Trinajstić information content (AvgIpc) is 2.75. The highest BCUT2D eigenvalue weighted by molar-refractivity contribution is 7.89.